The summed E-state index contributed by atoms with van der Waals surface area (Å²) in [5.74, 6) is 1.00. The van der Waals surface area contributed by atoms with Crippen LogP contribution in [0, 0.1) is 0 Å². The molecule has 0 aliphatic heterocycles. The molecule has 0 spiro atoms. The lowest BCUT2D eigenvalue weighted by molar-refractivity contribution is 0.861. The van der Waals surface area contributed by atoms with E-state index < -0.39 is 0 Å². The summed E-state index contributed by atoms with van der Waals surface area (Å²) in [6, 6.07) is 6.18. The number of thiophene rings is 1. The number of rotatable bonds is 4. The van der Waals surface area contributed by atoms with Crippen molar-refractivity contribution in [1.29, 1.82) is 0 Å². The highest BCUT2D eigenvalue weighted by molar-refractivity contribution is 7.16. The number of likely N-dealkylation sites (N-methyl/N-ethyl adjacent to an activating group) is 1. The fourth-order valence-electron chi connectivity index (χ4n) is 2.03. The van der Waals surface area contributed by atoms with Crippen LogP contribution in [0.5, 0.6) is 0 Å². The van der Waals surface area contributed by atoms with Crippen molar-refractivity contribution >= 4 is 27.4 Å². The van der Waals surface area contributed by atoms with E-state index in [0.29, 0.717) is 0 Å². The quantitative estimate of drug-likeness (QED) is 0.731. The highest BCUT2D eigenvalue weighted by Crippen LogP contribution is 2.25. The van der Waals surface area contributed by atoms with Gasteiger partial charge in [-0.25, -0.2) is 9.97 Å². The number of pyridine rings is 1. The van der Waals surface area contributed by atoms with Crippen LogP contribution >= 0.6 is 11.3 Å². The van der Waals surface area contributed by atoms with Gasteiger partial charge in [0.05, 0.1) is 5.39 Å². The van der Waals surface area contributed by atoms with Crippen LogP contribution in [0.3, 0.4) is 0 Å². The first kappa shape index (κ1) is 12.0. The first-order valence-corrected chi connectivity index (χ1v) is 7.01. The first-order valence-electron chi connectivity index (χ1n) is 6.13. The highest BCUT2D eigenvalue weighted by atomic mass is 32.1. The van der Waals surface area contributed by atoms with E-state index in [1.54, 1.807) is 17.7 Å². The average Bonchev–Trinajstić information content (AvgIpc) is 2.94. The summed E-state index contributed by atoms with van der Waals surface area (Å²) in [6.07, 6.45) is 6.28. The second kappa shape index (κ2) is 5.32. The Morgan fingerprint density at radius 3 is 2.84 bits per heavy atom. The van der Waals surface area contributed by atoms with Crippen LogP contribution in [-0.2, 0) is 6.42 Å². The van der Waals surface area contributed by atoms with Gasteiger partial charge in [0.25, 0.3) is 0 Å². The van der Waals surface area contributed by atoms with Gasteiger partial charge in [0.2, 0.25) is 0 Å². The van der Waals surface area contributed by atoms with Crippen molar-refractivity contribution in [3.05, 3.63) is 47.9 Å². The minimum Gasteiger partial charge on any atom is -0.359 e. The molecule has 3 rings (SSSR count). The summed E-state index contributed by atoms with van der Waals surface area (Å²) in [5, 5.41) is 3.18. The maximum Gasteiger partial charge on any atom is 0.140 e. The molecule has 0 radical (unpaired) electrons. The minimum absolute atomic E-state index is 0.923. The van der Waals surface area contributed by atoms with Gasteiger partial charge in [-0.3, -0.25) is 4.98 Å². The maximum absolute atomic E-state index is 4.40. The predicted octanol–water partition coefficient (Wildman–Crippen LogP) is 2.77. The zero-order valence-electron chi connectivity index (χ0n) is 10.7. The second-order valence-electron chi connectivity index (χ2n) is 4.36. The van der Waals surface area contributed by atoms with E-state index in [0.717, 1.165) is 29.0 Å². The summed E-state index contributed by atoms with van der Waals surface area (Å²) >= 11 is 1.65. The number of fused-ring (bicyclic) bond motifs is 1. The third kappa shape index (κ3) is 2.56. The zero-order chi connectivity index (χ0) is 13.1. The maximum atomic E-state index is 4.40. The number of anilines is 1. The van der Waals surface area contributed by atoms with Crippen molar-refractivity contribution in [2.45, 2.75) is 6.42 Å². The van der Waals surface area contributed by atoms with Gasteiger partial charge in [-0.1, -0.05) is 0 Å². The normalized spacial score (nSPS) is 10.8. The van der Waals surface area contributed by atoms with Crippen molar-refractivity contribution < 1.29 is 0 Å². The zero-order valence-corrected chi connectivity index (χ0v) is 11.5. The van der Waals surface area contributed by atoms with Gasteiger partial charge < -0.3 is 4.90 Å². The van der Waals surface area contributed by atoms with Gasteiger partial charge >= 0.3 is 0 Å². The summed E-state index contributed by atoms with van der Waals surface area (Å²) < 4.78 is 0. The van der Waals surface area contributed by atoms with E-state index in [4.69, 9.17) is 0 Å². The molecule has 0 fully saturated rings. The molecule has 0 atom stereocenters. The fraction of sp³-hybridized carbons (Fsp3) is 0.214. The molecule has 0 unspecified atom stereocenters. The van der Waals surface area contributed by atoms with E-state index in [-0.39, 0.29) is 0 Å². The highest BCUT2D eigenvalue weighted by Gasteiger charge is 2.09. The van der Waals surface area contributed by atoms with Crippen molar-refractivity contribution in [2.75, 3.05) is 18.5 Å². The van der Waals surface area contributed by atoms with Crippen molar-refractivity contribution in [2.24, 2.45) is 0 Å². The molecule has 19 heavy (non-hydrogen) atoms. The fourth-order valence-corrected chi connectivity index (χ4v) is 2.76. The van der Waals surface area contributed by atoms with E-state index in [9.17, 15) is 0 Å². The largest absolute Gasteiger partial charge is 0.359 e. The predicted molar refractivity (Wildman–Crippen MR) is 78.6 cm³/mol. The molecule has 96 valence electrons. The molecule has 3 aromatic rings. The van der Waals surface area contributed by atoms with Gasteiger partial charge in [0, 0.05) is 26.0 Å². The molecule has 4 nitrogen and oxygen atoms in total. The molecule has 0 aromatic carbocycles. The molecule has 0 aliphatic rings. The van der Waals surface area contributed by atoms with Crippen molar-refractivity contribution in [3.63, 3.8) is 0 Å². The third-order valence-electron chi connectivity index (χ3n) is 3.09. The van der Waals surface area contributed by atoms with E-state index in [2.05, 4.69) is 38.3 Å². The monoisotopic (exact) mass is 270 g/mol. The lowest BCUT2D eigenvalue weighted by Gasteiger charge is -2.18. The Balaban J connectivity index is 1.77. The molecule has 0 amide bonds. The second-order valence-corrected chi connectivity index (χ2v) is 5.26. The standard InChI is InChI=1S/C14H14N4S/c1-18(8-4-11-2-6-15-7-3-11)13-12-5-9-19-14(12)17-10-16-13/h2-3,5-7,9-10H,4,8H2,1H3. The van der Waals surface area contributed by atoms with Crippen LogP contribution in [0.2, 0.25) is 0 Å². The Morgan fingerprint density at radius 2 is 2.00 bits per heavy atom. The van der Waals surface area contributed by atoms with E-state index >= 15 is 0 Å². The van der Waals surface area contributed by atoms with Gasteiger partial charge in [-0.2, -0.15) is 0 Å². The Bertz CT molecular complexity index is 665. The van der Waals surface area contributed by atoms with Gasteiger partial charge in [0.15, 0.2) is 0 Å². The van der Waals surface area contributed by atoms with Crippen LogP contribution in [0.1, 0.15) is 5.56 Å². The lowest BCUT2D eigenvalue weighted by atomic mass is 10.2. The summed E-state index contributed by atoms with van der Waals surface area (Å²) in [6.45, 7) is 0.923. The summed E-state index contributed by atoms with van der Waals surface area (Å²) in [4.78, 5) is 15.9. The van der Waals surface area contributed by atoms with Crippen molar-refractivity contribution in [1.82, 2.24) is 15.0 Å². The van der Waals surface area contributed by atoms with E-state index in [1.165, 1.54) is 5.56 Å². The molecule has 3 heterocycles. The van der Waals surface area contributed by atoms with Crippen LogP contribution in [0.15, 0.2) is 42.3 Å². The Labute approximate surface area is 115 Å². The van der Waals surface area contributed by atoms with Gasteiger partial charge in [-0.05, 0) is 35.6 Å². The minimum atomic E-state index is 0.923. The van der Waals surface area contributed by atoms with Crippen LogP contribution in [0.4, 0.5) is 5.82 Å². The molecule has 0 bridgehead atoms. The lowest BCUT2D eigenvalue weighted by Crippen LogP contribution is -2.21. The van der Waals surface area contributed by atoms with Crippen LogP contribution in [-0.4, -0.2) is 28.5 Å². The molecule has 0 saturated carbocycles. The molecular formula is C14H14N4S. The SMILES string of the molecule is CN(CCc1ccncc1)c1ncnc2sccc12. The van der Waals surface area contributed by atoms with Crippen LogP contribution < -0.4 is 4.90 Å². The van der Waals surface area contributed by atoms with E-state index in [1.807, 2.05) is 24.5 Å². The van der Waals surface area contributed by atoms with Gasteiger partial charge in [0.1, 0.15) is 17.0 Å². The van der Waals surface area contributed by atoms with Crippen LogP contribution in [0.25, 0.3) is 10.2 Å². The number of aromatic nitrogens is 3. The Hall–Kier alpha value is -2.01. The Kier molecular flexibility index (Phi) is 3.37. The number of nitrogens with zero attached hydrogens (tertiary/aromatic N) is 4. The molecule has 3 aromatic heterocycles. The number of hydrogen-bond donors (Lipinski definition) is 0. The summed E-state index contributed by atoms with van der Waals surface area (Å²) in [5.41, 5.74) is 1.29. The molecule has 0 saturated heterocycles. The Morgan fingerprint density at radius 1 is 1.16 bits per heavy atom. The molecule has 0 aliphatic carbocycles. The first-order chi connectivity index (χ1) is 9.34. The topological polar surface area (TPSA) is 41.9 Å². The van der Waals surface area contributed by atoms with Gasteiger partial charge in [-0.15, -0.1) is 11.3 Å². The third-order valence-corrected chi connectivity index (χ3v) is 3.91. The smallest absolute Gasteiger partial charge is 0.140 e. The average molecular weight is 270 g/mol. The molecule has 0 N–H and O–H groups in total. The number of hydrogen-bond acceptors (Lipinski definition) is 5. The summed E-state index contributed by atoms with van der Waals surface area (Å²) in [7, 11) is 2.07. The molecular weight excluding hydrogens is 256 g/mol. The molecule has 5 heteroatoms. The van der Waals surface area contributed by atoms with Crippen molar-refractivity contribution in [3.8, 4) is 0 Å².